The second-order valence-electron chi connectivity index (χ2n) is 4.64. The fourth-order valence-corrected chi connectivity index (χ4v) is 1.86. The van der Waals surface area contributed by atoms with Gasteiger partial charge in [-0.2, -0.15) is 0 Å². The molecule has 2 amide bonds. The number of ether oxygens (including phenoxy) is 2. The van der Waals surface area contributed by atoms with Crippen molar-refractivity contribution in [3.63, 3.8) is 0 Å². The highest BCUT2D eigenvalue weighted by Crippen LogP contribution is 2.10. The third kappa shape index (κ3) is 5.98. The highest BCUT2D eigenvalue weighted by atomic mass is 16.5. The Balaban J connectivity index is 2.37. The fourth-order valence-electron chi connectivity index (χ4n) is 1.86. The van der Waals surface area contributed by atoms with Crippen molar-refractivity contribution in [1.82, 2.24) is 10.2 Å². The molecule has 0 unspecified atom stereocenters. The molecule has 0 radical (unpaired) electrons. The van der Waals surface area contributed by atoms with E-state index in [-0.39, 0.29) is 19.1 Å². The Morgan fingerprint density at radius 1 is 1.09 bits per heavy atom. The van der Waals surface area contributed by atoms with Gasteiger partial charge >= 0.3 is 5.97 Å². The number of nitrogens with one attached hydrogen (secondary N) is 1. The van der Waals surface area contributed by atoms with Crippen LogP contribution in [0.5, 0.6) is 5.75 Å². The number of esters is 1. The van der Waals surface area contributed by atoms with Crippen molar-refractivity contribution in [2.45, 2.75) is 13.8 Å². The molecule has 0 bridgehead atoms. The van der Waals surface area contributed by atoms with E-state index in [4.69, 9.17) is 9.47 Å². The maximum Gasteiger partial charge on any atom is 0.325 e. The third-order valence-electron chi connectivity index (χ3n) is 3.22. The lowest BCUT2D eigenvalue weighted by Gasteiger charge is -2.18. The van der Waals surface area contributed by atoms with E-state index < -0.39 is 11.9 Å². The van der Waals surface area contributed by atoms with Crippen LogP contribution in [0, 0.1) is 0 Å². The number of hydrogen-bond donors (Lipinski definition) is 1. The summed E-state index contributed by atoms with van der Waals surface area (Å²) in [4.78, 5) is 36.6. The number of methoxy groups -OCH3 is 1. The average Bonchev–Trinajstić information content (AvgIpc) is 2.58. The Morgan fingerprint density at radius 3 is 2.22 bits per heavy atom. The summed E-state index contributed by atoms with van der Waals surface area (Å²) in [7, 11) is 1.53. The van der Waals surface area contributed by atoms with Crippen LogP contribution in [0.15, 0.2) is 24.3 Å². The summed E-state index contributed by atoms with van der Waals surface area (Å²) in [5, 5.41) is 2.44. The molecule has 0 aromatic heterocycles. The van der Waals surface area contributed by atoms with Crippen LogP contribution in [0.4, 0.5) is 0 Å². The van der Waals surface area contributed by atoms with Gasteiger partial charge in [0.25, 0.3) is 11.8 Å². The molecule has 23 heavy (non-hydrogen) atoms. The quantitative estimate of drug-likeness (QED) is 0.717. The fraction of sp³-hybridized carbons (Fsp3) is 0.438. The topological polar surface area (TPSA) is 84.9 Å². The molecule has 0 heterocycles. The van der Waals surface area contributed by atoms with E-state index in [0.29, 0.717) is 24.4 Å². The van der Waals surface area contributed by atoms with Crippen molar-refractivity contribution in [3.8, 4) is 5.75 Å². The molecule has 0 atom stereocenters. The normalized spacial score (nSPS) is 9.87. The van der Waals surface area contributed by atoms with E-state index >= 15 is 0 Å². The molecule has 1 aromatic rings. The number of benzene rings is 1. The minimum absolute atomic E-state index is 0.259. The molecular weight excluding hydrogens is 300 g/mol. The largest absolute Gasteiger partial charge is 0.497 e. The summed E-state index contributed by atoms with van der Waals surface area (Å²) in [5.74, 6) is -0.687. The smallest absolute Gasteiger partial charge is 0.325 e. The molecule has 0 saturated carbocycles. The number of nitrogens with zero attached hydrogens (tertiary/aromatic N) is 1. The number of rotatable bonds is 8. The van der Waals surface area contributed by atoms with E-state index in [1.165, 1.54) is 7.11 Å². The summed E-state index contributed by atoms with van der Waals surface area (Å²) >= 11 is 0. The molecule has 0 aliphatic rings. The Kier molecular flexibility index (Phi) is 7.59. The van der Waals surface area contributed by atoms with Gasteiger partial charge in [-0.25, -0.2) is 0 Å². The molecule has 0 aliphatic carbocycles. The van der Waals surface area contributed by atoms with E-state index in [2.05, 4.69) is 5.32 Å². The molecule has 7 nitrogen and oxygen atoms in total. The van der Waals surface area contributed by atoms with Crippen LogP contribution in [0.2, 0.25) is 0 Å². The summed E-state index contributed by atoms with van der Waals surface area (Å²) < 4.78 is 9.84. The second-order valence-corrected chi connectivity index (χ2v) is 4.64. The van der Waals surface area contributed by atoms with Crippen LogP contribution in [-0.2, 0) is 14.3 Å². The first kappa shape index (κ1) is 18.5. The second kappa shape index (κ2) is 9.45. The molecule has 0 saturated heterocycles. The molecule has 126 valence electrons. The third-order valence-corrected chi connectivity index (χ3v) is 3.22. The zero-order valence-corrected chi connectivity index (χ0v) is 13.6. The van der Waals surface area contributed by atoms with Gasteiger partial charge in [0, 0.05) is 18.7 Å². The molecular formula is C16H22N2O5. The van der Waals surface area contributed by atoms with E-state index in [1.807, 2.05) is 13.8 Å². The van der Waals surface area contributed by atoms with Gasteiger partial charge in [-0.1, -0.05) is 0 Å². The molecule has 1 aromatic carbocycles. The Labute approximate surface area is 135 Å². The Morgan fingerprint density at radius 2 is 1.70 bits per heavy atom. The number of hydrogen-bond acceptors (Lipinski definition) is 5. The van der Waals surface area contributed by atoms with E-state index in [9.17, 15) is 14.4 Å². The van der Waals surface area contributed by atoms with Crippen molar-refractivity contribution in [2.24, 2.45) is 0 Å². The monoisotopic (exact) mass is 322 g/mol. The zero-order valence-electron chi connectivity index (χ0n) is 13.6. The van der Waals surface area contributed by atoms with E-state index in [1.54, 1.807) is 29.2 Å². The van der Waals surface area contributed by atoms with Crippen LogP contribution in [0.25, 0.3) is 0 Å². The van der Waals surface area contributed by atoms with Gasteiger partial charge < -0.3 is 19.7 Å². The van der Waals surface area contributed by atoms with Gasteiger partial charge in [-0.05, 0) is 38.1 Å². The molecule has 0 aliphatic heterocycles. The summed E-state index contributed by atoms with van der Waals surface area (Å²) in [6.07, 6.45) is 0. The van der Waals surface area contributed by atoms with Crippen molar-refractivity contribution in [1.29, 1.82) is 0 Å². The standard InChI is InChI=1S/C16H22N2O5/c1-4-18(5-2)14(19)11-23-15(20)10-17-16(21)12-6-8-13(22-3)9-7-12/h6-9H,4-5,10-11H2,1-3H3,(H,17,21). The number of carbonyl (C=O) groups is 3. The molecule has 0 fully saturated rings. The van der Waals surface area contributed by atoms with Gasteiger partial charge in [0.1, 0.15) is 12.3 Å². The first-order valence-corrected chi connectivity index (χ1v) is 7.37. The molecule has 0 spiro atoms. The lowest BCUT2D eigenvalue weighted by molar-refractivity contribution is -0.151. The summed E-state index contributed by atoms with van der Waals surface area (Å²) in [5.41, 5.74) is 0.401. The Bertz CT molecular complexity index is 538. The minimum Gasteiger partial charge on any atom is -0.497 e. The maximum absolute atomic E-state index is 11.9. The highest BCUT2D eigenvalue weighted by Gasteiger charge is 2.13. The highest BCUT2D eigenvalue weighted by molar-refractivity contribution is 5.96. The number of carbonyl (C=O) groups excluding carboxylic acids is 3. The first-order chi connectivity index (χ1) is 11.0. The van der Waals surface area contributed by atoms with Gasteiger partial charge in [0.2, 0.25) is 0 Å². The molecule has 1 rings (SSSR count). The van der Waals surface area contributed by atoms with Crippen LogP contribution in [0.1, 0.15) is 24.2 Å². The van der Waals surface area contributed by atoms with Crippen molar-refractivity contribution in [3.05, 3.63) is 29.8 Å². The van der Waals surface area contributed by atoms with Gasteiger partial charge in [0.05, 0.1) is 7.11 Å². The lowest BCUT2D eigenvalue weighted by Crippen LogP contribution is -2.36. The van der Waals surface area contributed by atoms with E-state index in [0.717, 1.165) is 0 Å². The van der Waals surface area contributed by atoms with Crippen LogP contribution in [0.3, 0.4) is 0 Å². The van der Waals surface area contributed by atoms with Crippen LogP contribution >= 0.6 is 0 Å². The van der Waals surface area contributed by atoms with Gasteiger partial charge in [-0.3, -0.25) is 14.4 Å². The zero-order chi connectivity index (χ0) is 17.2. The predicted octanol–water partition coefficient (Wildman–Crippen LogP) is 0.837. The number of likely N-dealkylation sites (N-methyl/N-ethyl adjacent to an activating group) is 1. The average molecular weight is 322 g/mol. The first-order valence-electron chi connectivity index (χ1n) is 7.37. The SMILES string of the molecule is CCN(CC)C(=O)COC(=O)CNC(=O)c1ccc(OC)cc1. The van der Waals surface area contributed by atoms with Crippen LogP contribution < -0.4 is 10.1 Å². The minimum atomic E-state index is -0.660. The Hall–Kier alpha value is -2.57. The van der Waals surface area contributed by atoms with Gasteiger partial charge in [-0.15, -0.1) is 0 Å². The molecule has 7 heteroatoms. The van der Waals surface area contributed by atoms with Crippen molar-refractivity contribution >= 4 is 17.8 Å². The summed E-state index contributed by atoms with van der Waals surface area (Å²) in [6.45, 7) is 4.19. The van der Waals surface area contributed by atoms with Gasteiger partial charge in [0.15, 0.2) is 6.61 Å². The number of amides is 2. The molecule has 1 N–H and O–H groups in total. The van der Waals surface area contributed by atoms with Crippen molar-refractivity contribution < 1.29 is 23.9 Å². The van der Waals surface area contributed by atoms with Crippen molar-refractivity contribution in [2.75, 3.05) is 33.4 Å². The lowest BCUT2D eigenvalue weighted by atomic mass is 10.2. The maximum atomic E-state index is 11.9. The summed E-state index contributed by atoms with van der Waals surface area (Å²) in [6, 6.07) is 6.47. The van der Waals surface area contributed by atoms with Crippen LogP contribution in [-0.4, -0.2) is 56.0 Å². The predicted molar refractivity (Wildman–Crippen MR) is 84.2 cm³/mol.